The summed E-state index contributed by atoms with van der Waals surface area (Å²) in [6.45, 7) is 1.45. The van der Waals surface area contributed by atoms with Crippen LogP contribution in [0.2, 0.25) is 10.0 Å². The highest BCUT2D eigenvalue weighted by Crippen LogP contribution is 2.33. The number of nitrogens with zero attached hydrogens (tertiary/aromatic N) is 3. The second-order valence-electron chi connectivity index (χ2n) is 7.25. The summed E-state index contributed by atoms with van der Waals surface area (Å²) in [5.74, 6) is -0.600. The van der Waals surface area contributed by atoms with Crippen LogP contribution in [0.3, 0.4) is 0 Å². The highest BCUT2D eigenvalue weighted by Gasteiger charge is 2.29. The molecule has 0 atom stereocenters. The Morgan fingerprint density at radius 3 is 2.38 bits per heavy atom. The number of hydrogen-bond donors (Lipinski definition) is 1. The van der Waals surface area contributed by atoms with Crippen LogP contribution in [0.15, 0.2) is 77.7 Å². The Hall–Kier alpha value is -2.98. The van der Waals surface area contributed by atoms with Crippen molar-refractivity contribution in [2.45, 2.75) is 11.8 Å². The van der Waals surface area contributed by atoms with Gasteiger partial charge in [0.05, 0.1) is 15.6 Å². The molecule has 0 aliphatic rings. The molecule has 0 spiro atoms. The van der Waals surface area contributed by atoms with E-state index >= 15 is 0 Å². The Balaban J connectivity index is 1.60. The standard InChI is InChI=1S/C23H18Cl2N4O3S2/c1-15-7-9-16(10-8-15)22-27-28-23(33-22)26-21(30)14-29(20-12-11-17(24)13-19(20)25)34(31,32)18-5-3-2-4-6-18/h2-13H,14H2,1H3,(H,26,28,30). The number of halogens is 2. The molecule has 34 heavy (non-hydrogen) atoms. The molecule has 0 saturated heterocycles. The molecule has 0 aliphatic carbocycles. The fourth-order valence-electron chi connectivity index (χ4n) is 3.08. The fraction of sp³-hybridized carbons (Fsp3) is 0.0870. The first-order chi connectivity index (χ1) is 16.2. The molecule has 0 fully saturated rings. The second-order valence-corrected chi connectivity index (χ2v) is 10.9. The quantitative estimate of drug-likeness (QED) is 0.331. The van der Waals surface area contributed by atoms with Crippen molar-refractivity contribution < 1.29 is 13.2 Å². The molecule has 4 aromatic rings. The third-order valence-corrected chi connectivity index (χ3v) is 7.97. The minimum atomic E-state index is -4.11. The van der Waals surface area contributed by atoms with E-state index < -0.39 is 22.5 Å². The molecular weight excluding hydrogens is 515 g/mol. The van der Waals surface area contributed by atoms with Crippen LogP contribution in [0.1, 0.15) is 5.56 Å². The van der Waals surface area contributed by atoms with Gasteiger partial charge in [0.1, 0.15) is 11.6 Å². The summed E-state index contributed by atoms with van der Waals surface area (Å²) in [6.07, 6.45) is 0. The molecule has 3 aromatic carbocycles. The fourth-order valence-corrected chi connectivity index (χ4v) is 5.87. The Labute approximate surface area is 211 Å². The molecule has 0 unspecified atom stereocenters. The zero-order valence-electron chi connectivity index (χ0n) is 17.8. The van der Waals surface area contributed by atoms with Gasteiger partial charge in [-0.2, -0.15) is 0 Å². The maximum absolute atomic E-state index is 13.4. The number of benzene rings is 3. The number of hydrogen-bond acceptors (Lipinski definition) is 6. The summed E-state index contributed by atoms with van der Waals surface area (Å²) < 4.78 is 27.7. The number of sulfonamides is 1. The first kappa shape index (κ1) is 24.2. The molecule has 11 heteroatoms. The predicted octanol–water partition coefficient (Wildman–Crippen LogP) is 5.65. The predicted molar refractivity (Wildman–Crippen MR) is 136 cm³/mol. The van der Waals surface area contributed by atoms with Gasteiger partial charge in [0.2, 0.25) is 11.0 Å². The van der Waals surface area contributed by atoms with E-state index in [1.165, 1.54) is 41.7 Å². The molecular formula is C23H18Cl2N4O3S2. The van der Waals surface area contributed by atoms with E-state index in [4.69, 9.17) is 23.2 Å². The van der Waals surface area contributed by atoms with Crippen LogP contribution in [-0.4, -0.2) is 31.1 Å². The average Bonchev–Trinajstić information content (AvgIpc) is 3.27. The van der Waals surface area contributed by atoms with Crippen molar-refractivity contribution in [1.29, 1.82) is 0 Å². The monoisotopic (exact) mass is 532 g/mol. The first-order valence-electron chi connectivity index (χ1n) is 9.97. The molecule has 1 amide bonds. The lowest BCUT2D eigenvalue weighted by molar-refractivity contribution is -0.114. The summed E-state index contributed by atoms with van der Waals surface area (Å²) in [5, 5.41) is 12.1. The van der Waals surface area contributed by atoms with E-state index in [0.717, 1.165) is 15.4 Å². The highest BCUT2D eigenvalue weighted by molar-refractivity contribution is 7.92. The number of aromatic nitrogens is 2. The Morgan fingerprint density at radius 2 is 1.71 bits per heavy atom. The number of aryl methyl sites for hydroxylation is 1. The van der Waals surface area contributed by atoms with E-state index in [1.54, 1.807) is 18.2 Å². The molecule has 174 valence electrons. The van der Waals surface area contributed by atoms with Crippen molar-refractivity contribution in [3.8, 4) is 10.6 Å². The van der Waals surface area contributed by atoms with Gasteiger partial charge in [-0.1, -0.05) is 82.6 Å². The van der Waals surface area contributed by atoms with Gasteiger partial charge in [-0.3, -0.25) is 14.4 Å². The molecule has 4 rings (SSSR count). The van der Waals surface area contributed by atoms with E-state index in [1.807, 2.05) is 31.2 Å². The Morgan fingerprint density at radius 1 is 1.00 bits per heavy atom. The normalized spacial score (nSPS) is 11.3. The van der Waals surface area contributed by atoms with Crippen molar-refractivity contribution in [2.75, 3.05) is 16.2 Å². The van der Waals surface area contributed by atoms with Crippen molar-refractivity contribution in [3.63, 3.8) is 0 Å². The third kappa shape index (κ3) is 5.39. The van der Waals surface area contributed by atoms with E-state index in [-0.39, 0.29) is 20.7 Å². The molecule has 0 saturated carbocycles. The Bertz CT molecular complexity index is 1430. The second kappa shape index (κ2) is 10.1. The summed E-state index contributed by atoms with van der Waals surface area (Å²) in [6, 6.07) is 19.9. The van der Waals surface area contributed by atoms with Crippen LogP contribution in [0.4, 0.5) is 10.8 Å². The SMILES string of the molecule is Cc1ccc(-c2nnc(NC(=O)CN(c3ccc(Cl)cc3Cl)S(=O)(=O)c3ccccc3)s2)cc1. The van der Waals surface area contributed by atoms with Crippen LogP contribution in [0, 0.1) is 6.92 Å². The Kier molecular flexibility index (Phi) is 7.18. The van der Waals surface area contributed by atoms with Crippen LogP contribution in [-0.2, 0) is 14.8 Å². The summed E-state index contributed by atoms with van der Waals surface area (Å²) >= 11 is 13.5. The highest BCUT2D eigenvalue weighted by atomic mass is 35.5. The number of anilines is 2. The maximum Gasteiger partial charge on any atom is 0.264 e. The number of carbonyl (C=O) groups is 1. The third-order valence-electron chi connectivity index (χ3n) is 4.77. The van der Waals surface area contributed by atoms with Crippen molar-refractivity contribution in [3.05, 3.63) is 88.4 Å². The topological polar surface area (TPSA) is 92.3 Å². The van der Waals surface area contributed by atoms with Gasteiger partial charge in [0, 0.05) is 10.6 Å². The van der Waals surface area contributed by atoms with E-state index in [9.17, 15) is 13.2 Å². The molecule has 0 bridgehead atoms. The zero-order valence-corrected chi connectivity index (χ0v) is 20.9. The lowest BCUT2D eigenvalue weighted by atomic mass is 10.2. The minimum Gasteiger partial charge on any atom is -0.299 e. The molecule has 1 N–H and O–H groups in total. The van der Waals surface area contributed by atoms with Crippen LogP contribution in [0.5, 0.6) is 0 Å². The van der Waals surface area contributed by atoms with Gasteiger partial charge in [-0.05, 0) is 37.3 Å². The summed E-state index contributed by atoms with van der Waals surface area (Å²) in [4.78, 5) is 12.9. The van der Waals surface area contributed by atoms with E-state index in [2.05, 4.69) is 15.5 Å². The lowest BCUT2D eigenvalue weighted by Gasteiger charge is -2.24. The van der Waals surface area contributed by atoms with Crippen LogP contribution >= 0.6 is 34.5 Å². The van der Waals surface area contributed by atoms with Crippen molar-refractivity contribution in [1.82, 2.24) is 10.2 Å². The van der Waals surface area contributed by atoms with Gasteiger partial charge in [-0.25, -0.2) is 8.42 Å². The van der Waals surface area contributed by atoms with Gasteiger partial charge in [0.15, 0.2) is 0 Å². The molecule has 1 aromatic heterocycles. The largest absolute Gasteiger partial charge is 0.299 e. The summed E-state index contributed by atoms with van der Waals surface area (Å²) in [5.41, 5.74) is 2.11. The molecule has 7 nitrogen and oxygen atoms in total. The first-order valence-corrected chi connectivity index (χ1v) is 13.0. The maximum atomic E-state index is 13.4. The van der Waals surface area contributed by atoms with Crippen LogP contribution in [0.25, 0.3) is 10.6 Å². The van der Waals surface area contributed by atoms with Gasteiger partial charge < -0.3 is 0 Å². The number of rotatable bonds is 7. The number of amides is 1. The van der Waals surface area contributed by atoms with E-state index in [0.29, 0.717) is 10.0 Å². The lowest BCUT2D eigenvalue weighted by Crippen LogP contribution is -2.38. The van der Waals surface area contributed by atoms with Crippen molar-refractivity contribution in [2.24, 2.45) is 0 Å². The molecule has 0 radical (unpaired) electrons. The number of nitrogens with one attached hydrogen (secondary N) is 1. The number of carbonyl (C=O) groups excluding carboxylic acids is 1. The zero-order chi connectivity index (χ0) is 24.3. The average molecular weight is 533 g/mol. The minimum absolute atomic E-state index is 0.0198. The van der Waals surface area contributed by atoms with Gasteiger partial charge in [-0.15, -0.1) is 10.2 Å². The van der Waals surface area contributed by atoms with Gasteiger partial charge >= 0.3 is 0 Å². The van der Waals surface area contributed by atoms with Gasteiger partial charge in [0.25, 0.3) is 10.0 Å². The van der Waals surface area contributed by atoms with Crippen molar-refractivity contribution >= 4 is 61.3 Å². The summed E-state index contributed by atoms with van der Waals surface area (Å²) in [7, 11) is -4.11. The molecule has 0 aliphatic heterocycles. The van der Waals surface area contributed by atoms with Crippen LogP contribution < -0.4 is 9.62 Å². The smallest absolute Gasteiger partial charge is 0.264 e. The molecule has 1 heterocycles.